The number of amides is 1. The van der Waals surface area contributed by atoms with E-state index in [1.54, 1.807) is 6.92 Å². The molecule has 0 aromatic heterocycles. The first-order valence-electron chi connectivity index (χ1n) is 7.13. The SMILES string of the molecule is CCC[C@H]1C[C@@H](NC(C)=O)[C@@H]2CCCC[C@H]2O1. The highest BCUT2D eigenvalue weighted by Crippen LogP contribution is 2.37. The Morgan fingerprint density at radius 3 is 2.82 bits per heavy atom. The van der Waals surface area contributed by atoms with Crippen molar-refractivity contribution in [3.05, 3.63) is 0 Å². The average Bonchev–Trinajstić information content (AvgIpc) is 2.29. The second-order valence-corrected chi connectivity index (χ2v) is 5.58. The topological polar surface area (TPSA) is 38.3 Å². The van der Waals surface area contributed by atoms with E-state index in [4.69, 9.17) is 4.74 Å². The van der Waals surface area contributed by atoms with Crippen LogP contribution in [0.1, 0.15) is 58.8 Å². The highest BCUT2D eigenvalue weighted by molar-refractivity contribution is 5.73. The maximum atomic E-state index is 11.3. The molecule has 1 saturated heterocycles. The van der Waals surface area contributed by atoms with Crippen LogP contribution in [0.5, 0.6) is 0 Å². The van der Waals surface area contributed by atoms with Gasteiger partial charge in [-0.3, -0.25) is 4.79 Å². The number of hydrogen-bond donors (Lipinski definition) is 1. The van der Waals surface area contributed by atoms with E-state index < -0.39 is 0 Å². The van der Waals surface area contributed by atoms with Gasteiger partial charge in [-0.1, -0.05) is 26.2 Å². The van der Waals surface area contributed by atoms with Gasteiger partial charge >= 0.3 is 0 Å². The Balaban J connectivity index is 2.01. The Hall–Kier alpha value is -0.570. The highest BCUT2D eigenvalue weighted by atomic mass is 16.5. The molecule has 2 rings (SSSR count). The first-order chi connectivity index (χ1) is 8.20. The molecule has 0 aromatic rings. The second-order valence-electron chi connectivity index (χ2n) is 5.58. The molecule has 0 unspecified atom stereocenters. The lowest BCUT2D eigenvalue weighted by molar-refractivity contribution is -0.131. The van der Waals surface area contributed by atoms with E-state index in [0.717, 1.165) is 19.3 Å². The Kier molecular flexibility index (Phi) is 4.43. The summed E-state index contributed by atoms with van der Waals surface area (Å²) in [5.74, 6) is 0.664. The summed E-state index contributed by atoms with van der Waals surface area (Å²) in [5, 5.41) is 3.15. The molecular formula is C14H25NO2. The zero-order valence-electron chi connectivity index (χ0n) is 11.1. The lowest BCUT2D eigenvalue weighted by atomic mass is 9.77. The van der Waals surface area contributed by atoms with E-state index in [2.05, 4.69) is 12.2 Å². The fraction of sp³-hybridized carbons (Fsp3) is 0.929. The Morgan fingerprint density at radius 2 is 2.12 bits per heavy atom. The number of fused-ring (bicyclic) bond motifs is 1. The molecule has 2 aliphatic rings. The van der Waals surface area contributed by atoms with Crippen LogP contribution in [0, 0.1) is 5.92 Å². The zero-order chi connectivity index (χ0) is 12.3. The van der Waals surface area contributed by atoms with Gasteiger partial charge in [-0.05, 0) is 25.7 Å². The molecule has 0 spiro atoms. The summed E-state index contributed by atoms with van der Waals surface area (Å²) in [6, 6.07) is 0.350. The van der Waals surface area contributed by atoms with Crippen molar-refractivity contribution >= 4 is 5.91 Å². The normalized spacial score (nSPS) is 37.3. The van der Waals surface area contributed by atoms with Gasteiger partial charge in [0.2, 0.25) is 5.91 Å². The molecule has 1 heterocycles. The quantitative estimate of drug-likeness (QED) is 0.822. The molecule has 1 saturated carbocycles. The van der Waals surface area contributed by atoms with Crippen molar-refractivity contribution in [3.63, 3.8) is 0 Å². The summed E-state index contributed by atoms with van der Waals surface area (Å²) in [6.45, 7) is 3.83. The Labute approximate surface area is 104 Å². The number of ether oxygens (including phenoxy) is 1. The Bertz CT molecular complexity index is 267. The van der Waals surface area contributed by atoms with Crippen LogP contribution in [0.15, 0.2) is 0 Å². The lowest BCUT2D eigenvalue weighted by Crippen LogP contribution is -2.52. The summed E-state index contributed by atoms with van der Waals surface area (Å²) < 4.78 is 6.19. The summed E-state index contributed by atoms with van der Waals surface area (Å²) in [6.07, 6.45) is 9.02. The predicted octanol–water partition coefficient (Wildman–Crippen LogP) is 2.64. The van der Waals surface area contributed by atoms with Gasteiger partial charge in [0.25, 0.3) is 0 Å². The van der Waals surface area contributed by atoms with Gasteiger partial charge in [0.05, 0.1) is 12.2 Å². The van der Waals surface area contributed by atoms with Gasteiger partial charge in [-0.15, -0.1) is 0 Å². The summed E-state index contributed by atoms with van der Waals surface area (Å²) >= 11 is 0. The average molecular weight is 239 g/mol. The zero-order valence-corrected chi connectivity index (χ0v) is 11.1. The summed E-state index contributed by atoms with van der Waals surface area (Å²) in [7, 11) is 0. The molecule has 1 N–H and O–H groups in total. The molecule has 98 valence electrons. The van der Waals surface area contributed by atoms with Crippen LogP contribution < -0.4 is 5.32 Å². The van der Waals surface area contributed by atoms with Crippen LogP contribution >= 0.6 is 0 Å². The molecule has 3 nitrogen and oxygen atoms in total. The van der Waals surface area contributed by atoms with Crippen molar-refractivity contribution in [2.75, 3.05) is 0 Å². The third-order valence-electron chi connectivity index (χ3n) is 4.15. The molecule has 3 heteroatoms. The minimum absolute atomic E-state index is 0.108. The third kappa shape index (κ3) is 3.21. The largest absolute Gasteiger partial charge is 0.375 e. The highest BCUT2D eigenvalue weighted by Gasteiger charge is 2.39. The van der Waals surface area contributed by atoms with E-state index >= 15 is 0 Å². The van der Waals surface area contributed by atoms with Crippen LogP contribution in [0.25, 0.3) is 0 Å². The van der Waals surface area contributed by atoms with E-state index in [-0.39, 0.29) is 5.91 Å². The van der Waals surface area contributed by atoms with Gasteiger partial charge in [-0.2, -0.15) is 0 Å². The van der Waals surface area contributed by atoms with Crippen LogP contribution in [-0.4, -0.2) is 24.2 Å². The Morgan fingerprint density at radius 1 is 1.35 bits per heavy atom. The van der Waals surface area contributed by atoms with E-state index in [0.29, 0.717) is 24.2 Å². The summed E-state index contributed by atoms with van der Waals surface area (Å²) in [5.41, 5.74) is 0. The number of carbonyl (C=O) groups excluding carboxylic acids is 1. The smallest absolute Gasteiger partial charge is 0.217 e. The number of rotatable bonds is 3. The first kappa shape index (κ1) is 12.9. The fourth-order valence-electron chi connectivity index (χ4n) is 3.45. The van der Waals surface area contributed by atoms with E-state index in [1.165, 1.54) is 25.7 Å². The van der Waals surface area contributed by atoms with Crippen LogP contribution in [0.4, 0.5) is 0 Å². The molecule has 1 aliphatic heterocycles. The van der Waals surface area contributed by atoms with Crippen LogP contribution in [0.3, 0.4) is 0 Å². The minimum atomic E-state index is 0.108. The monoisotopic (exact) mass is 239 g/mol. The van der Waals surface area contributed by atoms with Gasteiger partial charge in [0.15, 0.2) is 0 Å². The molecular weight excluding hydrogens is 214 g/mol. The van der Waals surface area contributed by atoms with Gasteiger partial charge in [-0.25, -0.2) is 0 Å². The van der Waals surface area contributed by atoms with Crippen molar-refractivity contribution in [2.45, 2.75) is 77.0 Å². The van der Waals surface area contributed by atoms with Crippen molar-refractivity contribution in [1.29, 1.82) is 0 Å². The molecule has 17 heavy (non-hydrogen) atoms. The van der Waals surface area contributed by atoms with Crippen molar-refractivity contribution in [3.8, 4) is 0 Å². The first-order valence-corrected chi connectivity index (χ1v) is 7.13. The predicted molar refractivity (Wildman–Crippen MR) is 67.7 cm³/mol. The van der Waals surface area contributed by atoms with Gasteiger partial charge in [0.1, 0.15) is 0 Å². The number of hydrogen-bond acceptors (Lipinski definition) is 2. The molecule has 1 amide bonds. The molecule has 0 bridgehead atoms. The maximum absolute atomic E-state index is 11.3. The standard InChI is InChI=1S/C14H25NO2/c1-3-6-11-9-13(15-10(2)16)12-7-4-5-8-14(12)17-11/h11-14H,3-9H2,1-2H3,(H,15,16)/t11-,12-,13+,14+/m0/s1. The van der Waals surface area contributed by atoms with Crippen LogP contribution in [-0.2, 0) is 9.53 Å². The molecule has 1 aliphatic carbocycles. The number of nitrogens with one attached hydrogen (secondary N) is 1. The number of carbonyl (C=O) groups is 1. The summed E-state index contributed by atoms with van der Waals surface area (Å²) in [4.78, 5) is 11.3. The van der Waals surface area contributed by atoms with E-state index in [1.807, 2.05) is 0 Å². The van der Waals surface area contributed by atoms with Crippen molar-refractivity contribution < 1.29 is 9.53 Å². The van der Waals surface area contributed by atoms with Gasteiger partial charge < -0.3 is 10.1 Å². The molecule has 2 fully saturated rings. The van der Waals surface area contributed by atoms with Crippen LogP contribution in [0.2, 0.25) is 0 Å². The molecule has 0 aromatic carbocycles. The molecule has 0 radical (unpaired) electrons. The minimum Gasteiger partial charge on any atom is -0.375 e. The fourth-order valence-corrected chi connectivity index (χ4v) is 3.45. The van der Waals surface area contributed by atoms with E-state index in [9.17, 15) is 4.79 Å². The lowest BCUT2D eigenvalue weighted by Gasteiger charge is -2.44. The maximum Gasteiger partial charge on any atom is 0.217 e. The molecule has 4 atom stereocenters. The second kappa shape index (κ2) is 5.85. The van der Waals surface area contributed by atoms with Crippen molar-refractivity contribution in [2.24, 2.45) is 5.92 Å². The van der Waals surface area contributed by atoms with Crippen molar-refractivity contribution in [1.82, 2.24) is 5.32 Å². The third-order valence-corrected chi connectivity index (χ3v) is 4.15. The van der Waals surface area contributed by atoms with Gasteiger partial charge in [0, 0.05) is 18.9 Å².